The third-order valence-electron chi connectivity index (χ3n) is 10.9. The zero-order chi connectivity index (χ0) is 40.6. The number of hydrogen-bond donors (Lipinski definition) is 2. The number of furan rings is 1. The highest BCUT2D eigenvalue weighted by Gasteiger charge is 2.37. The van der Waals surface area contributed by atoms with Gasteiger partial charge < -0.3 is 24.9 Å². The van der Waals surface area contributed by atoms with Crippen molar-refractivity contribution in [3.8, 4) is 22.6 Å². The highest BCUT2D eigenvalue weighted by Crippen LogP contribution is 2.32. The number of anilines is 2. The molecule has 7 aromatic rings. The largest absolute Gasteiger partial charge is 0.456 e. The van der Waals surface area contributed by atoms with Crippen LogP contribution in [0.3, 0.4) is 0 Å². The van der Waals surface area contributed by atoms with E-state index in [1.54, 1.807) is 46.2 Å². The van der Waals surface area contributed by atoms with Crippen molar-refractivity contribution in [3.63, 3.8) is 0 Å². The van der Waals surface area contributed by atoms with Crippen molar-refractivity contribution in [2.45, 2.75) is 37.8 Å². The molecule has 294 valence electrons. The van der Waals surface area contributed by atoms with Crippen LogP contribution in [0.5, 0.6) is 0 Å². The average Bonchev–Trinajstić information content (AvgIpc) is 4.06. The Morgan fingerprint density at radius 3 is 1.39 bits per heavy atom. The van der Waals surface area contributed by atoms with Gasteiger partial charge in [0.15, 0.2) is 0 Å². The third kappa shape index (κ3) is 7.62. The molecule has 59 heavy (non-hydrogen) atoms. The van der Waals surface area contributed by atoms with Gasteiger partial charge in [0, 0.05) is 46.4 Å². The molecule has 9 rings (SSSR count). The maximum atomic E-state index is 13.7. The Labute approximate surface area is 348 Å². The molecular formula is C46H36Cl2N6O5. The molecule has 0 radical (unpaired) electrons. The molecule has 5 heterocycles. The molecule has 11 nitrogen and oxygen atoms in total. The van der Waals surface area contributed by atoms with Crippen molar-refractivity contribution >= 4 is 79.8 Å². The molecule has 0 spiro atoms. The van der Waals surface area contributed by atoms with E-state index in [4.69, 9.17) is 27.6 Å². The second-order valence-corrected chi connectivity index (χ2v) is 15.4. The van der Waals surface area contributed by atoms with Gasteiger partial charge >= 0.3 is 0 Å². The average molecular weight is 824 g/mol. The molecular weight excluding hydrogens is 787 g/mol. The van der Waals surface area contributed by atoms with Crippen LogP contribution in [0, 0.1) is 0 Å². The number of amides is 4. The first-order valence-electron chi connectivity index (χ1n) is 19.3. The highest BCUT2D eigenvalue weighted by atomic mass is 35.5. The summed E-state index contributed by atoms with van der Waals surface area (Å²) < 4.78 is 6.21. The second-order valence-electron chi connectivity index (χ2n) is 14.6. The Hall–Kier alpha value is -6.56. The SMILES string of the molecule is O=C(Nc1ccc(-c2ccc(-c3ccc(NC(=O)C4CCCN4C(=O)c4nc(Cl)cc5ccccc45)cc3)o2)cc1)C1CCCN1C(=O)c1nc(Cl)cc2ccccc12. The van der Waals surface area contributed by atoms with Crippen molar-refractivity contribution in [2.75, 3.05) is 23.7 Å². The molecule has 2 saturated heterocycles. The maximum absolute atomic E-state index is 13.7. The summed E-state index contributed by atoms with van der Waals surface area (Å²) in [6, 6.07) is 35.4. The van der Waals surface area contributed by atoms with Crippen molar-refractivity contribution in [1.82, 2.24) is 19.8 Å². The first kappa shape index (κ1) is 38.0. The fourth-order valence-corrected chi connectivity index (χ4v) is 8.43. The van der Waals surface area contributed by atoms with Crippen LogP contribution in [0.15, 0.2) is 126 Å². The van der Waals surface area contributed by atoms with E-state index in [1.807, 2.05) is 84.9 Å². The van der Waals surface area contributed by atoms with Crippen LogP contribution in [0.25, 0.3) is 44.2 Å². The predicted molar refractivity (Wildman–Crippen MR) is 228 cm³/mol. The molecule has 3 aromatic heterocycles. The van der Waals surface area contributed by atoms with E-state index in [2.05, 4.69) is 20.6 Å². The lowest BCUT2D eigenvalue weighted by atomic mass is 10.1. The van der Waals surface area contributed by atoms with Crippen LogP contribution < -0.4 is 10.6 Å². The number of nitrogens with zero attached hydrogens (tertiary/aromatic N) is 4. The molecule has 2 aliphatic rings. The summed E-state index contributed by atoms with van der Waals surface area (Å²) in [6.07, 6.45) is 2.47. The van der Waals surface area contributed by atoms with E-state index < -0.39 is 12.1 Å². The quantitative estimate of drug-likeness (QED) is 0.146. The van der Waals surface area contributed by atoms with E-state index in [9.17, 15) is 19.2 Å². The van der Waals surface area contributed by atoms with Crippen LogP contribution in [0.1, 0.15) is 46.7 Å². The van der Waals surface area contributed by atoms with Crippen molar-refractivity contribution in [3.05, 3.63) is 143 Å². The lowest BCUT2D eigenvalue weighted by Gasteiger charge is -2.24. The molecule has 2 fully saturated rings. The van der Waals surface area contributed by atoms with Gasteiger partial charge in [-0.05, 0) is 109 Å². The number of rotatable bonds is 8. The Morgan fingerprint density at radius 1 is 0.559 bits per heavy atom. The zero-order valence-electron chi connectivity index (χ0n) is 31.5. The number of pyridine rings is 2. The van der Waals surface area contributed by atoms with E-state index in [0.717, 1.165) is 21.9 Å². The standard InChI is InChI=1S/C46H36Cl2N6O5/c47-39-25-29-7-1-3-9-33(29)41(51-39)45(57)53-23-5-11-35(53)43(55)49-31-17-13-27(14-18-31)37-21-22-38(59-37)28-15-19-32(20-16-28)50-44(56)36-12-6-24-54(36)46(58)42-34-10-4-2-8-30(34)26-40(48)52-42/h1-4,7-10,13-22,25-26,35-36H,5-6,11-12,23-24H2,(H,49,55)(H,50,56). The molecule has 4 amide bonds. The van der Waals surface area contributed by atoms with Gasteiger partial charge in [0.05, 0.1) is 0 Å². The number of carbonyl (C=O) groups is 4. The molecule has 2 aliphatic heterocycles. The fraction of sp³-hybridized carbons (Fsp3) is 0.174. The summed E-state index contributed by atoms with van der Waals surface area (Å²) in [4.78, 5) is 66.2. The summed E-state index contributed by atoms with van der Waals surface area (Å²) in [5.41, 5.74) is 3.28. The summed E-state index contributed by atoms with van der Waals surface area (Å²) in [6.45, 7) is 0.888. The van der Waals surface area contributed by atoms with Crippen molar-refractivity contribution in [1.29, 1.82) is 0 Å². The smallest absolute Gasteiger partial charge is 0.273 e. The summed E-state index contributed by atoms with van der Waals surface area (Å²) >= 11 is 12.5. The lowest BCUT2D eigenvalue weighted by molar-refractivity contribution is -0.120. The third-order valence-corrected chi connectivity index (χ3v) is 11.3. The molecule has 0 aliphatic carbocycles. The van der Waals surface area contributed by atoms with Crippen LogP contribution in [-0.4, -0.2) is 68.6 Å². The van der Waals surface area contributed by atoms with Crippen LogP contribution in [0.2, 0.25) is 10.3 Å². The van der Waals surface area contributed by atoms with Gasteiger partial charge in [-0.2, -0.15) is 0 Å². The number of carbonyl (C=O) groups excluding carboxylic acids is 4. The van der Waals surface area contributed by atoms with Gasteiger partial charge in [-0.25, -0.2) is 9.97 Å². The Balaban J connectivity index is 0.823. The van der Waals surface area contributed by atoms with Gasteiger partial charge in [0.2, 0.25) is 11.8 Å². The molecule has 4 aromatic carbocycles. The highest BCUT2D eigenvalue weighted by molar-refractivity contribution is 6.31. The van der Waals surface area contributed by atoms with Gasteiger partial charge in [-0.15, -0.1) is 0 Å². The van der Waals surface area contributed by atoms with E-state index in [1.165, 1.54) is 0 Å². The summed E-state index contributed by atoms with van der Waals surface area (Å²) in [7, 11) is 0. The molecule has 2 N–H and O–H groups in total. The number of fused-ring (bicyclic) bond motifs is 2. The molecule has 2 unspecified atom stereocenters. The molecule has 2 atom stereocenters. The van der Waals surface area contributed by atoms with Crippen LogP contribution in [0.4, 0.5) is 11.4 Å². The first-order chi connectivity index (χ1) is 28.7. The maximum Gasteiger partial charge on any atom is 0.273 e. The monoisotopic (exact) mass is 822 g/mol. The molecule has 13 heteroatoms. The molecule has 0 bridgehead atoms. The zero-order valence-corrected chi connectivity index (χ0v) is 33.0. The van der Waals surface area contributed by atoms with Crippen molar-refractivity contribution < 1.29 is 23.6 Å². The van der Waals surface area contributed by atoms with Gasteiger partial charge in [-0.1, -0.05) is 71.7 Å². The van der Waals surface area contributed by atoms with E-state index >= 15 is 0 Å². The number of nitrogens with one attached hydrogen (secondary N) is 2. The number of aromatic nitrogens is 2. The summed E-state index contributed by atoms with van der Waals surface area (Å²) in [5.74, 6) is 0.0838. The second kappa shape index (κ2) is 16.0. The Kier molecular flexibility index (Phi) is 10.3. The normalized spacial score (nSPS) is 16.4. The Morgan fingerprint density at radius 2 is 0.966 bits per heavy atom. The van der Waals surface area contributed by atoms with E-state index in [0.29, 0.717) is 72.4 Å². The van der Waals surface area contributed by atoms with E-state index in [-0.39, 0.29) is 45.3 Å². The fourth-order valence-electron chi connectivity index (χ4n) is 8.03. The topological polar surface area (TPSA) is 138 Å². The Bertz CT molecular complexity index is 2590. The van der Waals surface area contributed by atoms with Crippen LogP contribution in [-0.2, 0) is 9.59 Å². The lowest BCUT2D eigenvalue weighted by Crippen LogP contribution is -2.43. The molecule has 0 saturated carbocycles. The number of likely N-dealkylation sites (tertiary alicyclic amines) is 2. The van der Waals surface area contributed by atoms with Crippen molar-refractivity contribution in [2.24, 2.45) is 0 Å². The predicted octanol–water partition coefficient (Wildman–Crippen LogP) is 9.50. The number of benzene rings is 4. The van der Waals surface area contributed by atoms with Crippen LogP contribution >= 0.6 is 23.2 Å². The minimum Gasteiger partial charge on any atom is -0.456 e. The van der Waals surface area contributed by atoms with Gasteiger partial charge in [-0.3, -0.25) is 19.2 Å². The minimum absolute atomic E-state index is 0.223. The minimum atomic E-state index is -0.644. The number of halogens is 2. The summed E-state index contributed by atoms with van der Waals surface area (Å²) in [5, 5.41) is 9.39. The van der Waals surface area contributed by atoms with Gasteiger partial charge in [0.1, 0.15) is 45.3 Å². The number of hydrogen-bond acceptors (Lipinski definition) is 7. The van der Waals surface area contributed by atoms with Gasteiger partial charge in [0.25, 0.3) is 11.8 Å². The first-order valence-corrected chi connectivity index (χ1v) is 20.1.